The molecule has 18 heavy (non-hydrogen) atoms. The van der Waals surface area contributed by atoms with Crippen molar-refractivity contribution in [3.05, 3.63) is 23.8 Å². The van der Waals surface area contributed by atoms with Gasteiger partial charge in [0.1, 0.15) is 5.75 Å². The molecule has 0 aliphatic rings. The predicted molar refractivity (Wildman–Crippen MR) is 74.0 cm³/mol. The van der Waals surface area contributed by atoms with E-state index in [0.717, 1.165) is 17.0 Å². The Hall–Kier alpha value is -1.55. The first-order valence-electron chi connectivity index (χ1n) is 6.21. The van der Waals surface area contributed by atoms with Crippen LogP contribution in [0.4, 0.5) is 5.69 Å². The highest BCUT2D eigenvalue weighted by atomic mass is 16.5. The molecule has 1 amide bonds. The second-order valence-electron chi connectivity index (χ2n) is 4.52. The minimum absolute atomic E-state index is 0.0218. The summed E-state index contributed by atoms with van der Waals surface area (Å²) in [4.78, 5) is 13.5. The maximum absolute atomic E-state index is 11.9. The van der Waals surface area contributed by atoms with Crippen LogP contribution in [-0.4, -0.2) is 25.6 Å². The number of rotatable bonds is 5. The summed E-state index contributed by atoms with van der Waals surface area (Å²) < 4.78 is 5.47. The quantitative estimate of drug-likeness (QED) is 0.870. The third-order valence-corrected chi connectivity index (χ3v) is 2.72. The van der Waals surface area contributed by atoms with E-state index in [0.29, 0.717) is 13.0 Å². The first-order valence-corrected chi connectivity index (χ1v) is 6.21. The van der Waals surface area contributed by atoms with Gasteiger partial charge in [0.05, 0.1) is 6.61 Å². The fourth-order valence-electron chi connectivity index (χ4n) is 1.72. The number of nitrogens with two attached hydrogens (primary N) is 1. The summed E-state index contributed by atoms with van der Waals surface area (Å²) in [6, 6.07) is 5.61. The molecule has 0 saturated heterocycles. The summed E-state index contributed by atoms with van der Waals surface area (Å²) in [6.07, 6.45) is 0.350. The summed E-state index contributed by atoms with van der Waals surface area (Å²) in [5.74, 6) is 0.878. The molecule has 0 saturated carbocycles. The minimum atomic E-state index is -0.122. The fraction of sp³-hybridized carbons (Fsp3) is 0.500. The SMILES string of the molecule is CCOc1ccc(N(C)C(=O)CC(C)N)cc1C. The second-order valence-corrected chi connectivity index (χ2v) is 4.52. The van der Waals surface area contributed by atoms with Crippen LogP contribution in [0, 0.1) is 6.92 Å². The van der Waals surface area contributed by atoms with Crippen LogP contribution in [0.5, 0.6) is 5.75 Å². The molecule has 0 spiro atoms. The van der Waals surface area contributed by atoms with E-state index >= 15 is 0 Å². The van der Waals surface area contributed by atoms with Crippen molar-refractivity contribution in [2.45, 2.75) is 33.2 Å². The van der Waals surface area contributed by atoms with Gasteiger partial charge in [-0.25, -0.2) is 0 Å². The smallest absolute Gasteiger partial charge is 0.228 e. The van der Waals surface area contributed by atoms with Gasteiger partial charge >= 0.3 is 0 Å². The molecule has 2 N–H and O–H groups in total. The van der Waals surface area contributed by atoms with E-state index in [4.69, 9.17) is 10.5 Å². The summed E-state index contributed by atoms with van der Waals surface area (Å²) >= 11 is 0. The maximum Gasteiger partial charge on any atom is 0.228 e. The van der Waals surface area contributed by atoms with Crippen LogP contribution in [0.25, 0.3) is 0 Å². The number of anilines is 1. The summed E-state index contributed by atoms with van der Waals surface area (Å²) in [5.41, 5.74) is 7.52. The van der Waals surface area contributed by atoms with E-state index < -0.39 is 0 Å². The number of carbonyl (C=O) groups is 1. The highest BCUT2D eigenvalue weighted by molar-refractivity contribution is 5.93. The number of aryl methyl sites for hydroxylation is 1. The van der Waals surface area contributed by atoms with Gasteiger partial charge < -0.3 is 15.4 Å². The molecule has 0 radical (unpaired) electrons. The summed E-state index contributed by atoms with van der Waals surface area (Å²) in [5, 5.41) is 0. The number of benzene rings is 1. The van der Waals surface area contributed by atoms with Crippen LogP contribution in [0.3, 0.4) is 0 Å². The highest BCUT2D eigenvalue weighted by Crippen LogP contribution is 2.24. The molecule has 1 aromatic rings. The molecule has 0 bridgehead atoms. The Labute approximate surface area is 109 Å². The molecule has 0 heterocycles. The third-order valence-electron chi connectivity index (χ3n) is 2.72. The molecule has 0 aliphatic carbocycles. The monoisotopic (exact) mass is 250 g/mol. The summed E-state index contributed by atoms with van der Waals surface area (Å²) in [6.45, 7) is 6.39. The topological polar surface area (TPSA) is 55.6 Å². The minimum Gasteiger partial charge on any atom is -0.494 e. The number of hydrogen-bond acceptors (Lipinski definition) is 3. The number of amides is 1. The molecule has 4 nitrogen and oxygen atoms in total. The van der Waals surface area contributed by atoms with E-state index in [9.17, 15) is 4.79 Å². The van der Waals surface area contributed by atoms with Gasteiger partial charge in [0.2, 0.25) is 5.91 Å². The average Bonchev–Trinajstić information content (AvgIpc) is 2.30. The zero-order chi connectivity index (χ0) is 13.7. The maximum atomic E-state index is 11.9. The molecule has 1 atom stereocenters. The Morgan fingerprint density at radius 2 is 2.17 bits per heavy atom. The van der Waals surface area contributed by atoms with Gasteiger partial charge in [0, 0.05) is 25.2 Å². The van der Waals surface area contributed by atoms with E-state index in [1.165, 1.54) is 0 Å². The van der Waals surface area contributed by atoms with Gasteiger partial charge in [-0.05, 0) is 44.5 Å². The van der Waals surface area contributed by atoms with Crippen molar-refractivity contribution in [2.75, 3.05) is 18.6 Å². The molecule has 0 aromatic heterocycles. The molecule has 1 rings (SSSR count). The third kappa shape index (κ3) is 3.74. The molecule has 0 fully saturated rings. The van der Waals surface area contributed by atoms with Crippen molar-refractivity contribution in [1.82, 2.24) is 0 Å². The molecular formula is C14H22N2O2. The lowest BCUT2D eigenvalue weighted by molar-refractivity contribution is -0.118. The molecule has 1 unspecified atom stereocenters. The van der Waals surface area contributed by atoms with Gasteiger partial charge in [-0.3, -0.25) is 4.79 Å². The van der Waals surface area contributed by atoms with Crippen molar-refractivity contribution in [3.63, 3.8) is 0 Å². The average molecular weight is 250 g/mol. The van der Waals surface area contributed by atoms with Crippen LogP contribution in [0.2, 0.25) is 0 Å². The second kappa shape index (κ2) is 6.40. The molecule has 1 aromatic carbocycles. The molecule has 4 heteroatoms. The normalized spacial score (nSPS) is 12.1. The summed E-state index contributed by atoms with van der Waals surface area (Å²) in [7, 11) is 1.76. The van der Waals surface area contributed by atoms with E-state index in [1.807, 2.05) is 39.0 Å². The van der Waals surface area contributed by atoms with Crippen LogP contribution < -0.4 is 15.4 Å². The fourth-order valence-corrected chi connectivity index (χ4v) is 1.72. The zero-order valence-electron chi connectivity index (χ0n) is 11.6. The van der Waals surface area contributed by atoms with E-state index in [-0.39, 0.29) is 11.9 Å². The van der Waals surface area contributed by atoms with Crippen molar-refractivity contribution < 1.29 is 9.53 Å². The van der Waals surface area contributed by atoms with Gasteiger partial charge in [-0.1, -0.05) is 0 Å². The molecular weight excluding hydrogens is 228 g/mol. The predicted octanol–water partition coefficient (Wildman–Crippen LogP) is 2.09. The Kier molecular flexibility index (Phi) is 5.16. The Bertz CT molecular complexity index is 416. The van der Waals surface area contributed by atoms with Gasteiger partial charge in [0.25, 0.3) is 0 Å². The highest BCUT2D eigenvalue weighted by Gasteiger charge is 2.13. The standard InChI is InChI=1S/C14H22N2O2/c1-5-18-13-7-6-12(8-10(13)2)16(4)14(17)9-11(3)15/h6-8,11H,5,9,15H2,1-4H3. The van der Waals surface area contributed by atoms with Gasteiger partial charge in [-0.15, -0.1) is 0 Å². The van der Waals surface area contributed by atoms with Crippen molar-refractivity contribution >= 4 is 11.6 Å². The Morgan fingerprint density at radius 1 is 1.50 bits per heavy atom. The Balaban J connectivity index is 2.83. The van der Waals surface area contributed by atoms with Crippen molar-refractivity contribution in [1.29, 1.82) is 0 Å². The zero-order valence-corrected chi connectivity index (χ0v) is 11.6. The van der Waals surface area contributed by atoms with Crippen LogP contribution in [0.15, 0.2) is 18.2 Å². The Morgan fingerprint density at radius 3 is 2.67 bits per heavy atom. The lowest BCUT2D eigenvalue weighted by Gasteiger charge is -2.19. The van der Waals surface area contributed by atoms with E-state index in [1.54, 1.807) is 11.9 Å². The van der Waals surface area contributed by atoms with Crippen LogP contribution in [0.1, 0.15) is 25.8 Å². The van der Waals surface area contributed by atoms with Gasteiger partial charge in [-0.2, -0.15) is 0 Å². The lowest BCUT2D eigenvalue weighted by atomic mass is 10.1. The molecule has 100 valence electrons. The van der Waals surface area contributed by atoms with Crippen molar-refractivity contribution in [2.24, 2.45) is 5.73 Å². The number of hydrogen-bond donors (Lipinski definition) is 1. The lowest BCUT2D eigenvalue weighted by Crippen LogP contribution is -2.31. The van der Waals surface area contributed by atoms with E-state index in [2.05, 4.69) is 0 Å². The number of nitrogens with zero attached hydrogens (tertiary/aromatic N) is 1. The van der Waals surface area contributed by atoms with Crippen LogP contribution in [-0.2, 0) is 4.79 Å². The first kappa shape index (κ1) is 14.5. The largest absolute Gasteiger partial charge is 0.494 e. The van der Waals surface area contributed by atoms with Crippen molar-refractivity contribution in [3.8, 4) is 5.75 Å². The first-order chi connectivity index (χ1) is 8.45. The van der Waals surface area contributed by atoms with Crippen LogP contribution >= 0.6 is 0 Å². The number of carbonyl (C=O) groups excluding carboxylic acids is 1. The van der Waals surface area contributed by atoms with Gasteiger partial charge in [0.15, 0.2) is 0 Å². The number of ether oxygens (including phenoxy) is 1. The molecule has 0 aliphatic heterocycles.